The Labute approximate surface area is 70.9 Å². The maximum absolute atomic E-state index is 11.2. The van der Waals surface area contributed by atoms with Gasteiger partial charge in [-0.1, -0.05) is 6.92 Å². The van der Waals surface area contributed by atoms with Crippen LogP contribution in [0.5, 0.6) is 0 Å². The number of carbonyl (C=O) groups excluding carboxylic acids is 2. The monoisotopic (exact) mass is 171 g/mol. The van der Waals surface area contributed by atoms with Crippen molar-refractivity contribution in [1.29, 1.82) is 0 Å². The van der Waals surface area contributed by atoms with Gasteiger partial charge in [0.25, 0.3) is 0 Å². The molecule has 68 valence electrons. The standard InChI is InChI=1S/C7H13N3O2/c1-2-3-8-7(12)5-4-6(11)10-9-5/h5,9H,2-4H2,1H3,(H,8,12)(H,10,11). The van der Waals surface area contributed by atoms with Gasteiger partial charge in [-0.05, 0) is 6.42 Å². The Balaban J connectivity index is 2.28. The summed E-state index contributed by atoms with van der Waals surface area (Å²) < 4.78 is 0. The predicted molar refractivity (Wildman–Crippen MR) is 43.0 cm³/mol. The normalized spacial score (nSPS) is 22.1. The molecule has 3 N–H and O–H groups in total. The van der Waals surface area contributed by atoms with Crippen LogP contribution >= 0.6 is 0 Å². The molecule has 5 heteroatoms. The highest BCUT2D eigenvalue weighted by atomic mass is 16.2. The first kappa shape index (κ1) is 8.99. The highest BCUT2D eigenvalue weighted by Crippen LogP contribution is 1.96. The molecular formula is C7H13N3O2. The lowest BCUT2D eigenvalue weighted by atomic mass is 10.2. The first-order valence-corrected chi connectivity index (χ1v) is 4.06. The summed E-state index contributed by atoms with van der Waals surface area (Å²) in [6.07, 6.45) is 1.13. The second-order valence-electron chi connectivity index (χ2n) is 2.74. The quantitative estimate of drug-likeness (QED) is 0.505. The first-order chi connectivity index (χ1) is 5.74. The van der Waals surface area contributed by atoms with E-state index in [1.165, 1.54) is 0 Å². The number of nitrogens with one attached hydrogen (secondary N) is 3. The summed E-state index contributed by atoms with van der Waals surface area (Å²) in [6, 6.07) is -0.399. The molecule has 1 fully saturated rings. The number of amides is 2. The fraction of sp³-hybridized carbons (Fsp3) is 0.714. The number of rotatable bonds is 3. The molecule has 0 aromatic heterocycles. The van der Waals surface area contributed by atoms with Crippen LogP contribution < -0.4 is 16.2 Å². The van der Waals surface area contributed by atoms with E-state index in [2.05, 4.69) is 16.2 Å². The van der Waals surface area contributed by atoms with E-state index >= 15 is 0 Å². The fourth-order valence-corrected chi connectivity index (χ4v) is 0.985. The van der Waals surface area contributed by atoms with Crippen molar-refractivity contribution < 1.29 is 9.59 Å². The van der Waals surface area contributed by atoms with Gasteiger partial charge in [0, 0.05) is 6.54 Å². The van der Waals surface area contributed by atoms with Gasteiger partial charge in [0.05, 0.1) is 6.42 Å². The van der Waals surface area contributed by atoms with Crippen molar-refractivity contribution in [1.82, 2.24) is 16.2 Å². The van der Waals surface area contributed by atoms with Gasteiger partial charge in [-0.2, -0.15) is 0 Å². The third-order valence-electron chi connectivity index (χ3n) is 1.64. The van der Waals surface area contributed by atoms with Gasteiger partial charge in [0.1, 0.15) is 6.04 Å². The minimum Gasteiger partial charge on any atom is -0.355 e. The summed E-state index contributed by atoms with van der Waals surface area (Å²) in [5.74, 6) is -0.248. The van der Waals surface area contributed by atoms with Crippen LogP contribution in [0, 0.1) is 0 Å². The van der Waals surface area contributed by atoms with Crippen molar-refractivity contribution in [3.05, 3.63) is 0 Å². The van der Waals surface area contributed by atoms with Crippen molar-refractivity contribution in [3.8, 4) is 0 Å². The number of hydrogen-bond acceptors (Lipinski definition) is 3. The molecule has 1 aliphatic heterocycles. The lowest BCUT2D eigenvalue weighted by Gasteiger charge is -2.07. The molecule has 0 aliphatic carbocycles. The van der Waals surface area contributed by atoms with Crippen molar-refractivity contribution in [3.63, 3.8) is 0 Å². The summed E-state index contributed by atoms with van der Waals surface area (Å²) >= 11 is 0. The van der Waals surface area contributed by atoms with Crippen LogP contribution in [0.3, 0.4) is 0 Å². The van der Waals surface area contributed by atoms with Gasteiger partial charge >= 0.3 is 0 Å². The summed E-state index contributed by atoms with van der Waals surface area (Å²) in [5, 5.41) is 2.70. The Morgan fingerprint density at radius 3 is 3.00 bits per heavy atom. The summed E-state index contributed by atoms with van der Waals surface area (Å²) in [6.45, 7) is 2.64. The maximum Gasteiger partial charge on any atom is 0.239 e. The molecular weight excluding hydrogens is 158 g/mol. The lowest BCUT2D eigenvalue weighted by Crippen LogP contribution is -2.43. The molecule has 0 aromatic carbocycles. The van der Waals surface area contributed by atoms with E-state index in [0.717, 1.165) is 6.42 Å². The van der Waals surface area contributed by atoms with Crippen molar-refractivity contribution in [2.24, 2.45) is 0 Å². The Morgan fingerprint density at radius 1 is 1.75 bits per heavy atom. The molecule has 0 spiro atoms. The maximum atomic E-state index is 11.2. The zero-order chi connectivity index (χ0) is 8.97. The van der Waals surface area contributed by atoms with Crippen LogP contribution in [-0.2, 0) is 9.59 Å². The number of hydrazine groups is 1. The molecule has 2 amide bonds. The molecule has 1 heterocycles. The zero-order valence-corrected chi connectivity index (χ0v) is 7.02. The zero-order valence-electron chi connectivity index (χ0n) is 7.02. The lowest BCUT2D eigenvalue weighted by molar-refractivity contribution is -0.124. The first-order valence-electron chi connectivity index (χ1n) is 4.06. The SMILES string of the molecule is CCCNC(=O)C1CC(=O)NN1. The van der Waals surface area contributed by atoms with Crippen molar-refractivity contribution in [2.45, 2.75) is 25.8 Å². The summed E-state index contributed by atoms with van der Waals surface area (Å²) in [7, 11) is 0. The molecule has 1 unspecified atom stereocenters. The van der Waals surface area contributed by atoms with Gasteiger partial charge in [0.15, 0.2) is 0 Å². The topological polar surface area (TPSA) is 70.2 Å². The molecule has 1 aliphatic rings. The average Bonchev–Trinajstić information content (AvgIpc) is 2.47. The second kappa shape index (κ2) is 4.06. The van der Waals surface area contributed by atoms with Crippen LogP contribution in [0.4, 0.5) is 0 Å². The predicted octanol–water partition coefficient (Wildman–Crippen LogP) is -1.09. The van der Waals surface area contributed by atoms with E-state index in [4.69, 9.17) is 0 Å². The highest BCUT2D eigenvalue weighted by Gasteiger charge is 2.26. The molecule has 12 heavy (non-hydrogen) atoms. The Kier molecular flexibility index (Phi) is 3.04. The van der Waals surface area contributed by atoms with Gasteiger partial charge in [-0.25, -0.2) is 5.43 Å². The number of hydrogen-bond donors (Lipinski definition) is 3. The van der Waals surface area contributed by atoms with E-state index < -0.39 is 6.04 Å². The third-order valence-corrected chi connectivity index (χ3v) is 1.64. The van der Waals surface area contributed by atoms with Crippen LogP contribution in [0.15, 0.2) is 0 Å². The molecule has 0 bridgehead atoms. The Hall–Kier alpha value is -1.10. The Bertz CT molecular complexity index is 193. The highest BCUT2D eigenvalue weighted by molar-refractivity contribution is 5.90. The van der Waals surface area contributed by atoms with Crippen molar-refractivity contribution in [2.75, 3.05) is 6.54 Å². The molecule has 1 saturated heterocycles. The summed E-state index contributed by atoms with van der Waals surface area (Å²) in [5.41, 5.74) is 4.98. The van der Waals surface area contributed by atoms with Crippen LogP contribution in [0.1, 0.15) is 19.8 Å². The Morgan fingerprint density at radius 2 is 2.50 bits per heavy atom. The minimum atomic E-state index is -0.399. The molecule has 1 rings (SSSR count). The van der Waals surface area contributed by atoms with E-state index in [0.29, 0.717) is 6.54 Å². The molecule has 0 aromatic rings. The second-order valence-corrected chi connectivity index (χ2v) is 2.74. The number of carbonyl (C=O) groups is 2. The van der Waals surface area contributed by atoms with E-state index in [9.17, 15) is 9.59 Å². The van der Waals surface area contributed by atoms with E-state index in [1.54, 1.807) is 0 Å². The summed E-state index contributed by atoms with van der Waals surface area (Å²) in [4.78, 5) is 21.9. The smallest absolute Gasteiger partial charge is 0.239 e. The van der Waals surface area contributed by atoms with Crippen LogP contribution in [0.25, 0.3) is 0 Å². The molecule has 0 radical (unpaired) electrons. The van der Waals surface area contributed by atoms with Gasteiger partial charge in [-0.15, -0.1) is 0 Å². The molecule has 5 nitrogen and oxygen atoms in total. The van der Waals surface area contributed by atoms with Gasteiger partial charge in [0.2, 0.25) is 11.8 Å². The van der Waals surface area contributed by atoms with Gasteiger partial charge in [-0.3, -0.25) is 15.0 Å². The molecule has 1 atom stereocenters. The third kappa shape index (κ3) is 2.20. The molecule has 0 saturated carbocycles. The van der Waals surface area contributed by atoms with Crippen LogP contribution in [0.2, 0.25) is 0 Å². The average molecular weight is 171 g/mol. The fourth-order valence-electron chi connectivity index (χ4n) is 0.985. The van der Waals surface area contributed by atoms with E-state index in [-0.39, 0.29) is 18.2 Å². The minimum absolute atomic E-state index is 0.116. The van der Waals surface area contributed by atoms with E-state index in [1.807, 2.05) is 6.92 Å². The largest absolute Gasteiger partial charge is 0.355 e. The van der Waals surface area contributed by atoms with Gasteiger partial charge < -0.3 is 5.32 Å². The van der Waals surface area contributed by atoms with Crippen LogP contribution in [-0.4, -0.2) is 24.4 Å². The van der Waals surface area contributed by atoms with Crippen molar-refractivity contribution >= 4 is 11.8 Å².